The number of nitrogens with zero attached hydrogens (tertiary/aromatic N) is 1. The van der Waals surface area contributed by atoms with Crippen molar-refractivity contribution in [2.24, 2.45) is 0 Å². The van der Waals surface area contributed by atoms with E-state index in [4.69, 9.17) is 5.73 Å². The van der Waals surface area contributed by atoms with E-state index >= 15 is 0 Å². The Morgan fingerprint density at radius 1 is 1.05 bits per heavy atom. The van der Waals surface area contributed by atoms with Gasteiger partial charge in [-0.2, -0.15) is 0 Å². The van der Waals surface area contributed by atoms with E-state index in [1.54, 1.807) is 18.3 Å². The van der Waals surface area contributed by atoms with Crippen LogP contribution in [0.3, 0.4) is 0 Å². The van der Waals surface area contributed by atoms with Crippen molar-refractivity contribution in [2.75, 3.05) is 11.1 Å². The second-order valence-corrected chi connectivity index (χ2v) is 4.80. The number of aryl methyl sites for hydroxylation is 1. The molecule has 106 valence electrons. The van der Waals surface area contributed by atoms with Gasteiger partial charge in [-0.05, 0) is 37.3 Å². The van der Waals surface area contributed by atoms with Gasteiger partial charge in [0.1, 0.15) is 0 Å². The van der Waals surface area contributed by atoms with Gasteiger partial charge in [0.2, 0.25) is 0 Å². The molecule has 0 amide bonds. The van der Waals surface area contributed by atoms with Crippen LogP contribution in [0.15, 0.2) is 42.6 Å². The van der Waals surface area contributed by atoms with Crippen LogP contribution in [0.2, 0.25) is 0 Å². The van der Waals surface area contributed by atoms with Crippen LogP contribution in [0, 0.1) is 18.6 Å². The largest absolute Gasteiger partial charge is 0.398 e. The molecule has 0 fully saturated rings. The fraction of sp³-hybridized carbons (Fsp3) is 0.0625. The molecule has 0 aliphatic rings. The number of nitrogens with two attached hydrogens (primary N) is 1. The van der Waals surface area contributed by atoms with Crippen molar-refractivity contribution in [3.8, 4) is 0 Å². The van der Waals surface area contributed by atoms with E-state index in [0.29, 0.717) is 11.4 Å². The molecule has 3 N–H and O–H groups in total. The van der Waals surface area contributed by atoms with E-state index in [-0.39, 0.29) is 5.69 Å². The van der Waals surface area contributed by atoms with Crippen LogP contribution in [-0.4, -0.2) is 4.98 Å². The van der Waals surface area contributed by atoms with E-state index < -0.39 is 11.6 Å². The van der Waals surface area contributed by atoms with Crippen LogP contribution in [0.1, 0.15) is 5.69 Å². The van der Waals surface area contributed by atoms with Gasteiger partial charge < -0.3 is 11.1 Å². The molecule has 0 saturated carbocycles. The Hall–Kier alpha value is -2.69. The summed E-state index contributed by atoms with van der Waals surface area (Å²) in [4.78, 5) is 4.21. The molecule has 5 heteroatoms. The zero-order valence-electron chi connectivity index (χ0n) is 11.3. The highest BCUT2D eigenvalue weighted by Gasteiger charge is 2.10. The zero-order chi connectivity index (χ0) is 15.0. The van der Waals surface area contributed by atoms with E-state index in [1.165, 1.54) is 12.1 Å². The molecule has 0 saturated heterocycles. The second-order valence-electron chi connectivity index (χ2n) is 4.80. The maximum atomic E-state index is 13.8. The smallest absolute Gasteiger partial charge is 0.182 e. The molecule has 0 atom stereocenters. The quantitative estimate of drug-likeness (QED) is 0.695. The number of pyridine rings is 1. The van der Waals surface area contributed by atoms with Crippen LogP contribution in [0.5, 0.6) is 0 Å². The molecule has 0 spiro atoms. The maximum Gasteiger partial charge on any atom is 0.182 e. The summed E-state index contributed by atoms with van der Waals surface area (Å²) in [6, 6.07) is 9.31. The fourth-order valence-corrected chi connectivity index (χ4v) is 2.22. The number of nitrogens with one attached hydrogen (secondary N) is 1. The lowest BCUT2D eigenvalue weighted by molar-refractivity contribution is 0.512. The molecule has 3 nitrogen and oxygen atoms in total. The first kappa shape index (κ1) is 13.3. The van der Waals surface area contributed by atoms with Crippen LogP contribution in [-0.2, 0) is 0 Å². The molecule has 0 radical (unpaired) electrons. The van der Waals surface area contributed by atoms with Crippen LogP contribution in [0.25, 0.3) is 10.8 Å². The highest BCUT2D eigenvalue weighted by molar-refractivity contribution is 6.01. The van der Waals surface area contributed by atoms with Gasteiger partial charge in [-0.1, -0.05) is 6.07 Å². The van der Waals surface area contributed by atoms with Crippen molar-refractivity contribution in [1.29, 1.82) is 0 Å². The number of hydrogen-bond acceptors (Lipinski definition) is 3. The summed E-state index contributed by atoms with van der Waals surface area (Å²) in [7, 11) is 0. The summed E-state index contributed by atoms with van der Waals surface area (Å²) in [5.74, 6) is -1.80. The average Bonchev–Trinajstić information content (AvgIpc) is 2.46. The van der Waals surface area contributed by atoms with Crippen molar-refractivity contribution >= 4 is 27.8 Å². The lowest BCUT2D eigenvalue weighted by atomic mass is 10.1. The summed E-state index contributed by atoms with van der Waals surface area (Å²) in [6.45, 7) is 1.86. The van der Waals surface area contributed by atoms with Gasteiger partial charge in [-0.15, -0.1) is 0 Å². The fourth-order valence-electron chi connectivity index (χ4n) is 2.22. The second kappa shape index (κ2) is 5.01. The highest BCUT2D eigenvalue weighted by atomic mass is 19.2. The normalized spacial score (nSPS) is 10.8. The van der Waals surface area contributed by atoms with Crippen molar-refractivity contribution in [3.63, 3.8) is 0 Å². The van der Waals surface area contributed by atoms with Gasteiger partial charge in [0.25, 0.3) is 0 Å². The zero-order valence-corrected chi connectivity index (χ0v) is 11.3. The molecule has 0 aliphatic carbocycles. The average molecular weight is 285 g/mol. The van der Waals surface area contributed by atoms with Gasteiger partial charge >= 0.3 is 0 Å². The number of halogens is 2. The minimum Gasteiger partial charge on any atom is -0.398 e. The molecule has 0 aliphatic heterocycles. The lowest BCUT2D eigenvalue weighted by Gasteiger charge is -2.12. The molecule has 2 aromatic carbocycles. The summed E-state index contributed by atoms with van der Waals surface area (Å²) in [6.07, 6.45) is 1.67. The third-order valence-electron chi connectivity index (χ3n) is 3.29. The molecule has 3 rings (SSSR count). The topological polar surface area (TPSA) is 50.9 Å². The minimum absolute atomic E-state index is 0.0792. The molecule has 21 heavy (non-hydrogen) atoms. The minimum atomic E-state index is -0.909. The SMILES string of the molecule is Cc1cc2c(Nc3cccc(F)c3F)ccc(N)c2cn1. The molecule has 0 unspecified atom stereocenters. The van der Waals surface area contributed by atoms with Gasteiger partial charge in [0, 0.05) is 34.0 Å². The number of fused-ring (bicyclic) bond motifs is 1. The van der Waals surface area contributed by atoms with E-state index in [9.17, 15) is 8.78 Å². The summed E-state index contributed by atoms with van der Waals surface area (Å²) >= 11 is 0. The van der Waals surface area contributed by atoms with Gasteiger partial charge in [0.15, 0.2) is 11.6 Å². The number of benzene rings is 2. The van der Waals surface area contributed by atoms with Crippen molar-refractivity contribution in [2.45, 2.75) is 6.92 Å². The first-order valence-corrected chi connectivity index (χ1v) is 6.42. The van der Waals surface area contributed by atoms with Gasteiger partial charge in [-0.3, -0.25) is 4.98 Å². The Morgan fingerprint density at radius 2 is 1.86 bits per heavy atom. The Bertz CT molecular complexity index is 831. The number of aromatic nitrogens is 1. The summed E-state index contributed by atoms with van der Waals surface area (Å²) < 4.78 is 27.1. The molecule has 0 bridgehead atoms. The number of anilines is 3. The van der Waals surface area contributed by atoms with Crippen molar-refractivity contribution in [3.05, 3.63) is 59.9 Å². The van der Waals surface area contributed by atoms with Crippen LogP contribution in [0.4, 0.5) is 25.8 Å². The van der Waals surface area contributed by atoms with Crippen LogP contribution < -0.4 is 11.1 Å². The van der Waals surface area contributed by atoms with Crippen molar-refractivity contribution < 1.29 is 8.78 Å². The summed E-state index contributed by atoms with van der Waals surface area (Å²) in [5.41, 5.74) is 8.05. The lowest BCUT2D eigenvalue weighted by Crippen LogP contribution is -1.98. The first-order valence-electron chi connectivity index (χ1n) is 6.42. The maximum absolute atomic E-state index is 13.8. The predicted octanol–water partition coefficient (Wildman–Crippen LogP) is 4.15. The first-order chi connectivity index (χ1) is 10.1. The van der Waals surface area contributed by atoms with E-state index in [0.717, 1.165) is 22.5 Å². The van der Waals surface area contributed by atoms with E-state index in [1.807, 2.05) is 13.0 Å². The van der Waals surface area contributed by atoms with Crippen molar-refractivity contribution in [1.82, 2.24) is 4.98 Å². The Balaban J connectivity index is 2.15. The summed E-state index contributed by atoms with van der Waals surface area (Å²) in [5, 5.41) is 4.49. The standard InChI is InChI=1S/C16H13F2N3/c1-9-7-10-11(8-20-9)13(19)5-6-14(10)21-15-4-2-3-12(17)16(15)18/h2-8,21H,19H2,1H3. The molecule has 1 aromatic heterocycles. The molecule has 1 heterocycles. The Kier molecular flexibility index (Phi) is 3.17. The van der Waals surface area contributed by atoms with Gasteiger partial charge in [0.05, 0.1) is 5.69 Å². The number of hydrogen-bond donors (Lipinski definition) is 2. The number of nitrogen functional groups attached to an aromatic ring is 1. The molecular weight excluding hydrogens is 272 g/mol. The predicted molar refractivity (Wildman–Crippen MR) is 80.5 cm³/mol. The highest BCUT2D eigenvalue weighted by Crippen LogP contribution is 2.31. The Morgan fingerprint density at radius 3 is 2.67 bits per heavy atom. The molecule has 3 aromatic rings. The Labute approximate surface area is 120 Å². The monoisotopic (exact) mass is 285 g/mol. The van der Waals surface area contributed by atoms with E-state index in [2.05, 4.69) is 10.3 Å². The van der Waals surface area contributed by atoms with Crippen LogP contribution >= 0.6 is 0 Å². The van der Waals surface area contributed by atoms with Gasteiger partial charge in [-0.25, -0.2) is 8.78 Å². The number of rotatable bonds is 2. The third-order valence-corrected chi connectivity index (χ3v) is 3.29. The third kappa shape index (κ3) is 2.38. The molecular formula is C16H13F2N3.